The van der Waals surface area contributed by atoms with Crippen LogP contribution in [-0.2, 0) is 14.4 Å². The number of carbonyl (C=O) groups is 3. The molecule has 0 fully saturated rings. The van der Waals surface area contributed by atoms with Crippen LogP contribution >= 0.6 is 11.8 Å². The van der Waals surface area contributed by atoms with Crippen molar-refractivity contribution in [2.75, 3.05) is 10.6 Å². The number of hydrogen-bond donors (Lipinski definition) is 3. The number of nitrogens with one attached hydrogen (secondary N) is 2. The summed E-state index contributed by atoms with van der Waals surface area (Å²) in [5, 5.41) is 13.6. The van der Waals surface area contributed by atoms with E-state index >= 15 is 0 Å². The largest absolute Gasteiger partial charge is 0.478 e. The molecular weight excluding hydrogens is 440 g/mol. The molecule has 0 bridgehead atoms. The van der Waals surface area contributed by atoms with Gasteiger partial charge in [0.15, 0.2) is 0 Å². The molecule has 1 atom stereocenters. The maximum Gasteiger partial charge on any atom is 0.328 e. The lowest BCUT2D eigenvalue weighted by Crippen LogP contribution is -2.22. The third kappa shape index (κ3) is 7.86. The SMILES string of the molecule is CC(Sc1ccc(NC(=O)/C=C/C(=O)O)cc1)C(=O)Nc1ccc(Oc2ccccc2)cc1. The fourth-order valence-corrected chi connectivity index (χ4v) is 3.55. The predicted molar refractivity (Wildman–Crippen MR) is 129 cm³/mol. The number of para-hydroxylation sites is 1. The third-order valence-electron chi connectivity index (χ3n) is 4.28. The molecule has 3 aromatic rings. The minimum atomic E-state index is -1.19. The number of thioether (sulfide) groups is 1. The molecule has 3 N–H and O–H groups in total. The van der Waals surface area contributed by atoms with Gasteiger partial charge in [-0.05, 0) is 67.6 Å². The van der Waals surface area contributed by atoms with Crippen LogP contribution in [0.1, 0.15) is 6.92 Å². The average molecular weight is 463 g/mol. The van der Waals surface area contributed by atoms with Gasteiger partial charge in [0, 0.05) is 28.4 Å². The van der Waals surface area contributed by atoms with Crippen LogP contribution < -0.4 is 15.4 Å². The van der Waals surface area contributed by atoms with E-state index in [1.54, 1.807) is 55.5 Å². The fourth-order valence-electron chi connectivity index (χ4n) is 2.68. The van der Waals surface area contributed by atoms with Crippen LogP contribution in [0.3, 0.4) is 0 Å². The Morgan fingerprint density at radius 3 is 2.03 bits per heavy atom. The number of amides is 2. The minimum Gasteiger partial charge on any atom is -0.478 e. The number of carboxylic acids is 1. The number of carboxylic acid groups (broad SMARTS) is 1. The van der Waals surface area contributed by atoms with Crippen molar-refractivity contribution in [3.8, 4) is 11.5 Å². The van der Waals surface area contributed by atoms with Gasteiger partial charge in [0.05, 0.1) is 5.25 Å². The monoisotopic (exact) mass is 462 g/mol. The fraction of sp³-hybridized carbons (Fsp3) is 0.0800. The molecule has 1 unspecified atom stereocenters. The quantitative estimate of drug-likeness (QED) is 0.299. The first-order valence-corrected chi connectivity index (χ1v) is 10.9. The van der Waals surface area contributed by atoms with E-state index in [-0.39, 0.29) is 11.2 Å². The predicted octanol–water partition coefficient (Wildman–Crippen LogP) is 5.18. The molecule has 0 spiro atoms. The second kappa shape index (κ2) is 11.5. The number of carbonyl (C=O) groups excluding carboxylic acids is 2. The Labute approximate surface area is 195 Å². The molecule has 0 saturated heterocycles. The minimum absolute atomic E-state index is 0.145. The Bertz CT molecular complexity index is 1130. The van der Waals surface area contributed by atoms with Crippen LogP contribution in [0.15, 0.2) is 95.9 Å². The molecule has 0 radical (unpaired) electrons. The Morgan fingerprint density at radius 2 is 1.39 bits per heavy atom. The third-order valence-corrected chi connectivity index (χ3v) is 5.39. The molecule has 8 heteroatoms. The van der Waals surface area contributed by atoms with Gasteiger partial charge >= 0.3 is 5.97 Å². The van der Waals surface area contributed by atoms with Crippen LogP contribution in [0.2, 0.25) is 0 Å². The lowest BCUT2D eigenvalue weighted by Gasteiger charge is -2.13. The van der Waals surface area contributed by atoms with Gasteiger partial charge in [0.25, 0.3) is 0 Å². The number of hydrogen-bond acceptors (Lipinski definition) is 5. The molecule has 2 amide bonds. The maximum absolute atomic E-state index is 12.6. The molecule has 0 heterocycles. The number of rotatable bonds is 9. The lowest BCUT2D eigenvalue weighted by molar-refractivity contribution is -0.131. The first kappa shape index (κ1) is 23.6. The Morgan fingerprint density at radius 1 is 0.818 bits per heavy atom. The molecule has 3 aromatic carbocycles. The summed E-state index contributed by atoms with van der Waals surface area (Å²) in [5.74, 6) is -0.465. The summed E-state index contributed by atoms with van der Waals surface area (Å²) in [7, 11) is 0. The van der Waals surface area contributed by atoms with E-state index in [9.17, 15) is 14.4 Å². The van der Waals surface area contributed by atoms with Gasteiger partial charge in [-0.15, -0.1) is 11.8 Å². The average Bonchev–Trinajstić information content (AvgIpc) is 2.81. The second-order valence-corrected chi connectivity index (χ2v) is 8.29. The first-order valence-electron chi connectivity index (χ1n) is 10.0. The smallest absolute Gasteiger partial charge is 0.328 e. The van der Waals surface area contributed by atoms with Crippen molar-refractivity contribution in [1.29, 1.82) is 0 Å². The van der Waals surface area contributed by atoms with Crippen LogP contribution in [0.4, 0.5) is 11.4 Å². The van der Waals surface area contributed by atoms with Crippen molar-refractivity contribution in [1.82, 2.24) is 0 Å². The van der Waals surface area contributed by atoms with E-state index in [4.69, 9.17) is 9.84 Å². The summed E-state index contributed by atoms with van der Waals surface area (Å²) >= 11 is 1.38. The van der Waals surface area contributed by atoms with E-state index in [0.717, 1.165) is 22.8 Å². The zero-order valence-corrected chi connectivity index (χ0v) is 18.5. The van der Waals surface area contributed by atoms with E-state index < -0.39 is 11.9 Å². The molecule has 0 aliphatic carbocycles. The molecule has 0 aliphatic rings. The highest BCUT2D eigenvalue weighted by Gasteiger charge is 2.15. The Kier molecular flexibility index (Phi) is 8.26. The number of ether oxygens (including phenoxy) is 1. The summed E-state index contributed by atoms with van der Waals surface area (Å²) in [6, 6.07) is 23.5. The highest BCUT2D eigenvalue weighted by molar-refractivity contribution is 8.00. The lowest BCUT2D eigenvalue weighted by atomic mass is 10.3. The Balaban J connectivity index is 1.50. The van der Waals surface area contributed by atoms with Crippen LogP contribution in [-0.4, -0.2) is 28.1 Å². The molecule has 7 nitrogen and oxygen atoms in total. The molecule has 168 valence electrons. The van der Waals surface area contributed by atoms with Crippen molar-refractivity contribution in [3.63, 3.8) is 0 Å². The van der Waals surface area contributed by atoms with Crippen molar-refractivity contribution < 1.29 is 24.2 Å². The number of aliphatic carboxylic acids is 1. The zero-order valence-electron chi connectivity index (χ0n) is 17.7. The van der Waals surface area contributed by atoms with Crippen molar-refractivity contribution in [3.05, 3.63) is 91.0 Å². The topological polar surface area (TPSA) is 105 Å². The van der Waals surface area contributed by atoms with Crippen molar-refractivity contribution in [2.45, 2.75) is 17.1 Å². The standard InChI is InChI=1S/C25H22N2O5S/c1-17(33-22-13-9-18(10-14-22)26-23(28)15-16-24(29)30)25(31)27-19-7-11-21(12-8-19)32-20-5-3-2-4-6-20/h2-17H,1H3,(H,26,28)(H,27,31)(H,29,30)/b16-15+. The highest BCUT2D eigenvalue weighted by Crippen LogP contribution is 2.27. The summed E-state index contributed by atoms with van der Waals surface area (Å²) in [6.45, 7) is 1.80. The van der Waals surface area contributed by atoms with E-state index in [1.807, 2.05) is 30.3 Å². The van der Waals surface area contributed by atoms with Crippen molar-refractivity contribution >= 4 is 40.9 Å². The maximum atomic E-state index is 12.6. The highest BCUT2D eigenvalue weighted by atomic mass is 32.2. The van der Waals surface area contributed by atoms with Crippen LogP contribution in [0.5, 0.6) is 11.5 Å². The summed E-state index contributed by atoms with van der Waals surface area (Å²) in [5.41, 5.74) is 1.19. The molecule has 3 rings (SSSR count). The van der Waals surface area contributed by atoms with Gasteiger partial charge in [0.1, 0.15) is 11.5 Å². The van der Waals surface area contributed by atoms with Gasteiger partial charge in [-0.3, -0.25) is 9.59 Å². The molecule has 0 saturated carbocycles. The second-order valence-electron chi connectivity index (χ2n) is 6.87. The summed E-state index contributed by atoms with van der Waals surface area (Å²) in [6.07, 6.45) is 1.71. The van der Waals surface area contributed by atoms with E-state index in [2.05, 4.69) is 10.6 Å². The molecule has 0 aromatic heterocycles. The normalized spacial score (nSPS) is 11.5. The van der Waals surface area contributed by atoms with Crippen LogP contribution in [0.25, 0.3) is 0 Å². The zero-order chi connectivity index (χ0) is 23.6. The molecular formula is C25H22N2O5S. The van der Waals surface area contributed by atoms with E-state index in [1.165, 1.54) is 11.8 Å². The van der Waals surface area contributed by atoms with Gasteiger partial charge in [-0.1, -0.05) is 18.2 Å². The van der Waals surface area contributed by atoms with Crippen LogP contribution in [0, 0.1) is 0 Å². The molecule has 33 heavy (non-hydrogen) atoms. The Hall–Kier alpha value is -4.04. The van der Waals surface area contributed by atoms with E-state index in [0.29, 0.717) is 17.1 Å². The van der Waals surface area contributed by atoms with Crippen molar-refractivity contribution in [2.24, 2.45) is 0 Å². The van der Waals surface area contributed by atoms with Gasteiger partial charge in [-0.25, -0.2) is 4.79 Å². The number of anilines is 2. The summed E-state index contributed by atoms with van der Waals surface area (Å²) in [4.78, 5) is 35.5. The molecule has 0 aliphatic heterocycles. The first-order chi connectivity index (χ1) is 15.9. The summed E-state index contributed by atoms with van der Waals surface area (Å²) < 4.78 is 5.75. The number of benzene rings is 3. The van der Waals surface area contributed by atoms with Gasteiger partial charge in [0.2, 0.25) is 11.8 Å². The van der Waals surface area contributed by atoms with Gasteiger partial charge in [-0.2, -0.15) is 0 Å². The van der Waals surface area contributed by atoms with Gasteiger partial charge < -0.3 is 20.5 Å².